The van der Waals surface area contributed by atoms with E-state index in [4.69, 9.17) is 9.47 Å². The van der Waals surface area contributed by atoms with Gasteiger partial charge in [0.2, 0.25) is 0 Å². The highest BCUT2D eigenvalue weighted by Gasteiger charge is 2.17. The van der Waals surface area contributed by atoms with Gasteiger partial charge in [-0.25, -0.2) is 0 Å². The Morgan fingerprint density at radius 3 is 2.16 bits per heavy atom. The summed E-state index contributed by atoms with van der Waals surface area (Å²) in [5.41, 5.74) is 2.26. The van der Waals surface area contributed by atoms with E-state index >= 15 is 0 Å². The van der Waals surface area contributed by atoms with E-state index in [0.29, 0.717) is 29.2 Å². The predicted molar refractivity (Wildman–Crippen MR) is 121 cm³/mol. The van der Waals surface area contributed by atoms with Gasteiger partial charge in [0.1, 0.15) is 11.5 Å². The highest BCUT2D eigenvalue weighted by atomic mass is 16.5. The minimum absolute atomic E-state index is 0.214. The van der Waals surface area contributed by atoms with Gasteiger partial charge in [0.05, 0.1) is 31.0 Å². The number of hydrogen-bond acceptors (Lipinski definition) is 4. The zero-order valence-electron chi connectivity index (χ0n) is 17.8. The molecule has 3 aromatic rings. The van der Waals surface area contributed by atoms with E-state index in [0.717, 1.165) is 11.3 Å². The normalized spacial score (nSPS) is 11.3. The monoisotopic (exact) mass is 418 g/mol. The molecule has 31 heavy (non-hydrogen) atoms. The largest absolute Gasteiger partial charge is 0.497 e. The first kappa shape index (κ1) is 21.9. The Hall–Kier alpha value is -3.80. The fraction of sp³-hybridized carbons (Fsp3) is 0.200. The van der Waals surface area contributed by atoms with Gasteiger partial charge in [-0.2, -0.15) is 0 Å². The Morgan fingerprint density at radius 1 is 0.871 bits per heavy atom. The second kappa shape index (κ2) is 10.3. The van der Waals surface area contributed by atoms with Crippen LogP contribution >= 0.6 is 0 Å². The van der Waals surface area contributed by atoms with E-state index in [-0.39, 0.29) is 17.9 Å². The summed E-state index contributed by atoms with van der Waals surface area (Å²) in [6.07, 6.45) is 0. The number of para-hydroxylation sites is 1. The molecule has 0 aliphatic heterocycles. The second-order valence-corrected chi connectivity index (χ2v) is 6.93. The average molecular weight is 418 g/mol. The number of carbonyl (C=O) groups excluding carboxylic acids is 2. The molecule has 3 aromatic carbocycles. The van der Waals surface area contributed by atoms with Crippen LogP contribution in [-0.2, 0) is 0 Å². The molecule has 0 aliphatic carbocycles. The molecule has 0 aliphatic rings. The van der Waals surface area contributed by atoms with Crippen LogP contribution in [0.2, 0.25) is 0 Å². The van der Waals surface area contributed by atoms with Crippen LogP contribution in [0.15, 0.2) is 72.8 Å². The Balaban J connectivity index is 1.71. The zero-order valence-corrected chi connectivity index (χ0v) is 17.8. The summed E-state index contributed by atoms with van der Waals surface area (Å²) < 4.78 is 10.6. The van der Waals surface area contributed by atoms with Crippen LogP contribution in [0.1, 0.15) is 46.2 Å². The summed E-state index contributed by atoms with van der Waals surface area (Å²) in [7, 11) is 1.57. The van der Waals surface area contributed by atoms with Crippen LogP contribution in [0.5, 0.6) is 11.5 Å². The fourth-order valence-electron chi connectivity index (χ4n) is 3.10. The van der Waals surface area contributed by atoms with Gasteiger partial charge in [-0.05, 0) is 67.9 Å². The van der Waals surface area contributed by atoms with E-state index in [1.165, 1.54) is 0 Å². The molecule has 0 saturated carbocycles. The Labute approximate surface area is 182 Å². The molecule has 2 amide bonds. The highest BCUT2D eigenvalue weighted by molar-refractivity contribution is 6.09. The van der Waals surface area contributed by atoms with Gasteiger partial charge < -0.3 is 20.1 Å². The van der Waals surface area contributed by atoms with Gasteiger partial charge in [0.25, 0.3) is 11.8 Å². The van der Waals surface area contributed by atoms with Gasteiger partial charge >= 0.3 is 0 Å². The molecule has 2 N–H and O–H groups in total. The SMILES string of the molecule is CCOc1ccc(C(C)NC(=O)c2ccccc2NC(=O)c2ccc(OC)cc2)cc1. The third kappa shape index (κ3) is 5.63. The van der Waals surface area contributed by atoms with Crippen LogP contribution < -0.4 is 20.1 Å². The molecule has 0 saturated heterocycles. The summed E-state index contributed by atoms with van der Waals surface area (Å²) in [4.78, 5) is 25.5. The number of hydrogen-bond donors (Lipinski definition) is 2. The van der Waals surface area contributed by atoms with Crippen molar-refractivity contribution in [3.05, 3.63) is 89.5 Å². The van der Waals surface area contributed by atoms with Crippen LogP contribution in [0.25, 0.3) is 0 Å². The number of benzene rings is 3. The van der Waals surface area contributed by atoms with E-state index in [9.17, 15) is 9.59 Å². The standard InChI is InChI=1S/C25H26N2O4/c1-4-31-21-15-9-18(10-16-21)17(2)26-25(29)22-7-5-6-8-23(22)27-24(28)19-11-13-20(30-3)14-12-19/h5-17H,4H2,1-3H3,(H,26,29)(H,27,28). The van der Waals surface area contributed by atoms with Crippen molar-refractivity contribution in [1.82, 2.24) is 5.32 Å². The molecule has 3 rings (SSSR count). The van der Waals surface area contributed by atoms with Crippen molar-refractivity contribution in [2.24, 2.45) is 0 Å². The number of rotatable bonds is 8. The minimum Gasteiger partial charge on any atom is -0.497 e. The lowest BCUT2D eigenvalue weighted by molar-refractivity contribution is 0.0941. The van der Waals surface area contributed by atoms with Gasteiger partial charge in [0, 0.05) is 5.56 Å². The topological polar surface area (TPSA) is 76.7 Å². The first-order valence-corrected chi connectivity index (χ1v) is 10.1. The minimum atomic E-state index is -0.303. The molecule has 160 valence electrons. The number of amides is 2. The lowest BCUT2D eigenvalue weighted by Gasteiger charge is -2.17. The summed E-state index contributed by atoms with van der Waals surface area (Å²) >= 11 is 0. The number of nitrogens with one attached hydrogen (secondary N) is 2. The predicted octanol–water partition coefficient (Wildman–Crippen LogP) is 4.84. The van der Waals surface area contributed by atoms with Crippen LogP contribution in [-0.4, -0.2) is 25.5 Å². The first-order chi connectivity index (χ1) is 15.0. The van der Waals surface area contributed by atoms with Crippen molar-refractivity contribution in [2.45, 2.75) is 19.9 Å². The van der Waals surface area contributed by atoms with Gasteiger partial charge in [-0.1, -0.05) is 24.3 Å². The van der Waals surface area contributed by atoms with E-state index in [2.05, 4.69) is 10.6 Å². The van der Waals surface area contributed by atoms with Gasteiger partial charge in [0.15, 0.2) is 0 Å². The highest BCUT2D eigenvalue weighted by Crippen LogP contribution is 2.21. The van der Waals surface area contributed by atoms with E-state index in [1.54, 1.807) is 55.6 Å². The maximum Gasteiger partial charge on any atom is 0.255 e. The molecule has 1 atom stereocenters. The molecule has 0 bridgehead atoms. The lowest BCUT2D eigenvalue weighted by atomic mass is 10.1. The number of methoxy groups -OCH3 is 1. The van der Waals surface area contributed by atoms with Crippen LogP contribution in [0.4, 0.5) is 5.69 Å². The van der Waals surface area contributed by atoms with Gasteiger partial charge in [-0.3, -0.25) is 9.59 Å². The molecular formula is C25H26N2O4. The van der Waals surface area contributed by atoms with Crippen molar-refractivity contribution in [3.8, 4) is 11.5 Å². The Kier molecular flexibility index (Phi) is 7.27. The molecule has 0 fully saturated rings. The summed E-state index contributed by atoms with van der Waals surface area (Å²) in [5.74, 6) is 0.880. The maximum absolute atomic E-state index is 12.9. The number of anilines is 1. The van der Waals surface area contributed by atoms with Crippen molar-refractivity contribution in [2.75, 3.05) is 19.0 Å². The third-order valence-corrected chi connectivity index (χ3v) is 4.81. The molecule has 6 nitrogen and oxygen atoms in total. The van der Waals surface area contributed by atoms with Crippen molar-refractivity contribution in [1.29, 1.82) is 0 Å². The average Bonchev–Trinajstić information content (AvgIpc) is 2.80. The number of ether oxygens (including phenoxy) is 2. The molecule has 0 spiro atoms. The Bertz CT molecular complexity index is 1030. The Morgan fingerprint density at radius 2 is 1.52 bits per heavy atom. The quantitative estimate of drug-likeness (QED) is 0.549. The maximum atomic E-state index is 12.9. The zero-order chi connectivity index (χ0) is 22.2. The van der Waals surface area contributed by atoms with Crippen LogP contribution in [0.3, 0.4) is 0 Å². The van der Waals surface area contributed by atoms with Crippen molar-refractivity contribution in [3.63, 3.8) is 0 Å². The molecule has 1 unspecified atom stereocenters. The fourth-order valence-corrected chi connectivity index (χ4v) is 3.10. The second-order valence-electron chi connectivity index (χ2n) is 6.93. The molecule has 0 heterocycles. The van der Waals surface area contributed by atoms with Crippen molar-refractivity contribution < 1.29 is 19.1 Å². The molecular weight excluding hydrogens is 392 g/mol. The van der Waals surface area contributed by atoms with Crippen molar-refractivity contribution >= 4 is 17.5 Å². The lowest BCUT2D eigenvalue weighted by Crippen LogP contribution is -2.28. The molecule has 0 aromatic heterocycles. The first-order valence-electron chi connectivity index (χ1n) is 10.1. The van der Waals surface area contributed by atoms with E-state index < -0.39 is 0 Å². The summed E-state index contributed by atoms with van der Waals surface area (Å²) in [5, 5.41) is 5.81. The number of carbonyl (C=O) groups is 2. The summed E-state index contributed by atoms with van der Waals surface area (Å²) in [6.45, 7) is 4.44. The van der Waals surface area contributed by atoms with Gasteiger partial charge in [-0.15, -0.1) is 0 Å². The summed E-state index contributed by atoms with van der Waals surface area (Å²) in [6, 6.07) is 21.1. The smallest absolute Gasteiger partial charge is 0.255 e. The molecule has 6 heteroatoms. The van der Waals surface area contributed by atoms with E-state index in [1.807, 2.05) is 38.1 Å². The third-order valence-electron chi connectivity index (χ3n) is 4.81. The van der Waals surface area contributed by atoms with Crippen LogP contribution in [0, 0.1) is 0 Å². The molecule has 0 radical (unpaired) electrons.